The van der Waals surface area contributed by atoms with E-state index >= 15 is 0 Å². The molecule has 7 heteroatoms. The van der Waals surface area contributed by atoms with Crippen molar-refractivity contribution >= 4 is 28.7 Å². The Hall–Kier alpha value is -3.42. The van der Waals surface area contributed by atoms with Gasteiger partial charge in [0.15, 0.2) is 10.8 Å². The first kappa shape index (κ1) is 17.4. The fraction of sp³-hybridized carbons (Fsp3) is 0.130. The van der Waals surface area contributed by atoms with Gasteiger partial charge in [0, 0.05) is 22.5 Å². The Kier molecular flexibility index (Phi) is 3.81. The van der Waals surface area contributed by atoms with E-state index in [1.54, 1.807) is 24.7 Å². The molecule has 1 aliphatic heterocycles. The monoisotopic (exact) mass is 414 g/mol. The summed E-state index contributed by atoms with van der Waals surface area (Å²) in [5.74, 6) is 2.03. The third-order valence-electron chi connectivity index (χ3n) is 5.57. The molecule has 0 radical (unpaired) electrons. The first-order valence-electron chi connectivity index (χ1n) is 9.66. The highest BCUT2D eigenvalue weighted by Crippen LogP contribution is 2.43. The number of fused-ring (bicyclic) bond motifs is 4. The molecule has 0 saturated carbocycles. The molecule has 1 atom stereocenters. The van der Waals surface area contributed by atoms with Crippen LogP contribution >= 0.6 is 11.3 Å². The van der Waals surface area contributed by atoms with Gasteiger partial charge in [-0.3, -0.25) is 0 Å². The molecule has 0 bridgehead atoms. The summed E-state index contributed by atoms with van der Waals surface area (Å²) in [6.45, 7) is 0. The molecule has 4 aromatic rings. The molecular weight excluding hydrogens is 396 g/mol. The van der Waals surface area contributed by atoms with Crippen LogP contribution in [-0.2, 0) is 6.42 Å². The Balaban J connectivity index is 1.49. The van der Waals surface area contributed by atoms with Crippen LogP contribution in [0.3, 0.4) is 0 Å². The van der Waals surface area contributed by atoms with Gasteiger partial charge in [-0.1, -0.05) is 24.3 Å². The fourth-order valence-electron chi connectivity index (χ4n) is 4.08. The van der Waals surface area contributed by atoms with Crippen LogP contribution in [0.2, 0.25) is 0 Å². The number of furan rings is 1. The van der Waals surface area contributed by atoms with Crippen LogP contribution in [0.15, 0.2) is 70.3 Å². The van der Waals surface area contributed by atoms with Gasteiger partial charge in [0.25, 0.3) is 0 Å². The number of hydrogen-bond donors (Lipinski definition) is 1. The summed E-state index contributed by atoms with van der Waals surface area (Å²) in [6.07, 6.45) is 2.10. The van der Waals surface area contributed by atoms with Crippen LogP contribution in [0, 0.1) is 0 Å². The molecular formula is C23H18N4O2S. The molecule has 148 valence electrons. The Morgan fingerprint density at radius 1 is 1.13 bits per heavy atom. The first-order chi connectivity index (χ1) is 14.7. The van der Waals surface area contributed by atoms with E-state index in [2.05, 4.69) is 24.3 Å². The molecule has 3 heterocycles. The summed E-state index contributed by atoms with van der Waals surface area (Å²) in [7, 11) is 1.65. The van der Waals surface area contributed by atoms with Gasteiger partial charge >= 0.3 is 0 Å². The largest absolute Gasteiger partial charge is 0.497 e. The van der Waals surface area contributed by atoms with Crippen molar-refractivity contribution < 1.29 is 9.15 Å². The van der Waals surface area contributed by atoms with Crippen molar-refractivity contribution in [2.45, 2.75) is 12.6 Å². The maximum absolute atomic E-state index is 6.66. The topological polar surface area (TPSA) is 76.9 Å². The highest BCUT2D eigenvalue weighted by Gasteiger charge is 2.34. The Morgan fingerprint density at radius 2 is 1.97 bits per heavy atom. The quantitative estimate of drug-likeness (QED) is 0.456. The molecule has 2 aromatic heterocycles. The molecule has 0 fully saturated rings. The molecule has 0 saturated heterocycles. The molecule has 1 aliphatic carbocycles. The SMILES string of the molecule is COc1ccc(N2C(c3nc4c(s3)Cc3ccccc3-4)=Nc3occc3C2N)cc1. The molecule has 1 unspecified atom stereocenters. The zero-order valence-electron chi connectivity index (χ0n) is 16.2. The van der Waals surface area contributed by atoms with Crippen LogP contribution in [0.5, 0.6) is 5.75 Å². The smallest absolute Gasteiger partial charge is 0.227 e. The van der Waals surface area contributed by atoms with E-state index < -0.39 is 6.17 Å². The highest BCUT2D eigenvalue weighted by molar-refractivity contribution is 7.14. The average molecular weight is 414 g/mol. The van der Waals surface area contributed by atoms with Crippen molar-refractivity contribution in [3.8, 4) is 17.0 Å². The van der Waals surface area contributed by atoms with Crippen LogP contribution in [0.25, 0.3) is 11.3 Å². The lowest BCUT2D eigenvalue weighted by Gasteiger charge is -2.33. The average Bonchev–Trinajstić information content (AvgIpc) is 3.48. The zero-order valence-corrected chi connectivity index (χ0v) is 17.0. The number of nitrogens with two attached hydrogens (primary N) is 1. The number of rotatable bonds is 3. The molecule has 2 aliphatic rings. The summed E-state index contributed by atoms with van der Waals surface area (Å²) in [5, 5.41) is 0.836. The summed E-state index contributed by atoms with van der Waals surface area (Å²) in [5.41, 5.74) is 12.0. The minimum absolute atomic E-state index is 0.425. The van der Waals surface area contributed by atoms with Crippen molar-refractivity contribution in [1.29, 1.82) is 0 Å². The lowest BCUT2D eigenvalue weighted by Crippen LogP contribution is -2.41. The van der Waals surface area contributed by atoms with Gasteiger partial charge in [0.05, 0.1) is 24.6 Å². The highest BCUT2D eigenvalue weighted by atomic mass is 32.1. The molecule has 30 heavy (non-hydrogen) atoms. The van der Waals surface area contributed by atoms with Crippen molar-refractivity contribution in [2.24, 2.45) is 10.7 Å². The van der Waals surface area contributed by atoms with Gasteiger partial charge in [-0.05, 0) is 35.9 Å². The summed E-state index contributed by atoms with van der Waals surface area (Å²) < 4.78 is 10.9. The number of aromatic nitrogens is 1. The molecule has 0 amide bonds. The number of ether oxygens (including phenoxy) is 1. The Bertz CT molecular complexity index is 1290. The minimum atomic E-state index is -0.425. The Labute approximate surface area is 177 Å². The van der Waals surface area contributed by atoms with Crippen molar-refractivity contribution in [2.75, 3.05) is 12.0 Å². The summed E-state index contributed by atoms with van der Waals surface area (Å²) in [4.78, 5) is 13.1. The van der Waals surface area contributed by atoms with E-state index in [4.69, 9.17) is 24.9 Å². The van der Waals surface area contributed by atoms with Gasteiger partial charge in [-0.15, -0.1) is 11.3 Å². The number of methoxy groups -OCH3 is 1. The predicted molar refractivity (Wildman–Crippen MR) is 118 cm³/mol. The predicted octanol–water partition coefficient (Wildman–Crippen LogP) is 4.87. The maximum Gasteiger partial charge on any atom is 0.227 e. The van der Waals surface area contributed by atoms with Crippen LogP contribution < -0.4 is 15.4 Å². The van der Waals surface area contributed by atoms with E-state index in [1.807, 2.05) is 35.2 Å². The van der Waals surface area contributed by atoms with E-state index in [0.717, 1.165) is 34.1 Å². The number of hydrogen-bond acceptors (Lipinski definition) is 7. The fourth-order valence-corrected chi connectivity index (χ4v) is 5.17. The minimum Gasteiger partial charge on any atom is -0.497 e. The third-order valence-corrected chi connectivity index (χ3v) is 6.62. The first-order valence-corrected chi connectivity index (χ1v) is 10.5. The van der Waals surface area contributed by atoms with Gasteiger partial charge in [-0.2, -0.15) is 4.99 Å². The van der Waals surface area contributed by atoms with Gasteiger partial charge in [-0.25, -0.2) is 4.98 Å². The number of aliphatic imine (C=N–C) groups is 1. The summed E-state index contributed by atoms with van der Waals surface area (Å²) in [6, 6.07) is 18.1. The van der Waals surface area contributed by atoms with Crippen LogP contribution in [0.4, 0.5) is 11.6 Å². The summed E-state index contributed by atoms with van der Waals surface area (Å²) >= 11 is 1.66. The maximum atomic E-state index is 6.66. The molecule has 2 aromatic carbocycles. The molecule has 6 rings (SSSR count). The normalized spacial score (nSPS) is 16.7. The Morgan fingerprint density at radius 3 is 2.80 bits per heavy atom. The molecule has 2 N–H and O–H groups in total. The van der Waals surface area contributed by atoms with Gasteiger partial charge in [0.2, 0.25) is 5.88 Å². The molecule has 6 nitrogen and oxygen atoms in total. The van der Waals surface area contributed by atoms with E-state index in [0.29, 0.717) is 11.7 Å². The second-order valence-corrected chi connectivity index (χ2v) is 8.34. The second kappa shape index (κ2) is 6.55. The lowest BCUT2D eigenvalue weighted by atomic mass is 10.1. The van der Waals surface area contributed by atoms with Gasteiger partial charge < -0.3 is 19.8 Å². The number of anilines is 1. The number of nitrogens with zero attached hydrogens (tertiary/aromatic N) is 3. The number of thiazole rings is 1. The third kappa shape index (κ3) is 2.52. The van der Waals surface area contributed by atoms with Crippen LogP contribution in [-0.4, -0.2) is 17.9 Å². The standard InChI is InChI=1S/C23H18N4O2S/c1-28-15-8-6-14(7-9-15)27-20(24)17-10-11-29-22(17)26-21(27)23-25-19-16-5-3-2-4-13(16)12-18(19)30-23/h2-11,20H,12,24H2,1H3. The number of amidine groups is 1. The van der Waals surface area contributed by atoms with E-state index in [1.165, 1.54) is 16.0 Å². The van der Waals surface area contributed by atoms with Crippen LogP contribution in [0.1, 0.15) is 27.2 Å². The van der Waals surface area contributed by atoms with Crippen molar-refractivity contribution in [1.82, 2.24) is 4.98 Å². The van der Waals surface area contributed by atoms with Crippen molar-refractivity contribution in [3.05, 3.63) is 81.9 Å². The second-order valence-electron chi connectivity index (χ2n) is 7.25. The number of benzene rings is 2. The van der Waals surface area contributed by atoms with Crippen molar-refractivity contribution in [3.63, 3.8) is 0 Å². The van der Waals surface area contributed by atoms with Gasteiger partial charge in [0.1, 0.15) is 11.9 Å². The van der Waals surface area contributed by atoms with E-state index in [-0.39, 0.29) is 0 Å². The lowest BCUT2D eigenvalue weighted by molar-refractivity contribution is 0.415. The molecule has 0 spiro atoms. The zero-order chi connectivity index (χ0) is 20.2. The van der Waals surface area contributed by atoms with E-state index in [9.17, 15) is 0 Å².